The molecule has 1 aliphatic rings. The van der Waals surface area contributed by atoms with E-state index in [9.17, 15) is 4.39 Å². The van der Waals surface area contributed by atoms with Crippen LogP contribution in [0.4, 0.5) is 15.8 Å². The summed E-state index contributed by atoms with van der Waals surface area (Å²) in [5, 5.41) is 3.28. The lowest BCUT2D eigenvalue weighted by Gasteiger charge is -2.16. The van der Waals surface area contributed by atoms with Crippen molar-refractivity contribution in [1.29, 1.82) is 0 Å². The molecular weight excluding hydrogens is 273 g/mol. The summed E-state index contributed by atoms with van der Waals surface area (Å²) in [4.78, 5) is 2.24. The van der Waals surface area contributed by atoms with Crippen molar-refractivity contribution < 1.29 is 4.39 Å². The lowest BCUT2D eigenvalue weighted by Crippen LogP contribution is -2.24. The number of likely N-dealkylation sites (N-methyl/N-ethyl adjacent to an activating group) is 1. The van der Waals surface area contributed by atoms with E-state index < -0.39 is 0 Å². The molecule has 0 saturated carbocycles. The minimum atomic E-state index is -0.289. The second-order valence-corrected chi connectivity index (χ2v) is 5.10. The third-order valence-electron chi connectivity index (χ3n) is 2.84. The first-order valence-corrected chi connectivity index (χ1v) is 6.05. The molecule has 0 bridgehead atoms. The zero-order chi connectivity index (χ0) is 11.7. The Hall–Kier alpha value is -0.810. The van der Waals surface area contributed by atoms with Crippen LogP contribution in [0.15, 0.2) is 16.6 Å². The predicted molar refractivity (Wildman–Crippen MR) is 68.0 cm³/mol. The van der Waals surface area contributed by atoms with Gasteiger partial charge in [-0.3, -0.25) is 0 Å². The highest BCUT2D eigenvalue weighted by atomic mass is 79.9. The average Bonchev–Trinajstić information content (AvgIpc) is 2.60. The van der Waals surface area contributed by atoms with Gasteiger partial charge in [0.15, 0.2) is 0 Å². The summed E-state index contributed by atoms with van der Waals surface area (Å²) in [6, 6.07) is 3.39. The van der Waals surface area contributed by atoms with E-state index in [0.29, 0.717) is 21.9 Å². The van der Waals surface area contributed by atoms with Crippen LogP contribution in [0.25, 0.3) is 0 Å². The molecule has 0 spiro atoms. The van der Waals surface area contributed by atoms with Gasteiger partial charge in [0.2, 0.25) is 0 Å². The highest BCUT2D eigenvalue weighted by molar-refractivity contribution is 9.10. The molecule has 1 aromatic carbocycles. The molecule has 1 unspecified atom stereocenters. The first-order valence-electron chi connectivity index (χ1n) is 5.26. The largest absolute Gasteiger partial charge is 0.397 e. The minimum Gasteiger partial charge on any atom is -0.397 e. The van der Waals surface area contributed by atoms with Gasteiger partial charge in [0, 0.05) is 18.7 Å². The third kappa shape index (κ3) is 2.47. The van der Waals surface area contributed by atoms with Gasteiger partial charge in [-0.2, -0.15) is 0 Å². The van der Waals surface area contributed by atoms with Crippen molar-refractivity contribution in [2.24, 2.45) is 0 Å². The first kappa shape index (κ1) is 11.7. The molecule has 3 nitrogen and oxygen atoms in total. The quantitative estimate of drug-likeness (QED) is 0.820. The maximum atomic E-state index is 13.4. The second kappa shape index (κ2) is 4.59. The molecule has 2 rings (SSSR count). The van der Waals surface area contributed by atoms with Crippen LogP contribution >= 0.6 is 15.9 Å². The molecular formula is C11H15BrFN3. The van der Waals surface area contributed by atoms with E-state index in [2.05, 4.69) is 33.2 Å². The lowest BCUT2D eigenvalue weighted by atomic mass is 10.2. The van der Waals surface area contributed by atoms with Crippen LogP contribution in [0.3, 0.4) is 0 Å². The van der Waals surface area contributed by atoms with Crippen LogP contribution in [0, 0.1) is 5.82 Å². The van der Waals surface area contributed by atoms with Crippen molar-refractivity contribution in [3.05, 3.63) is 22.4 Å². The van der Waals surface area contributed by atoms with Gasteiger partial charge in [0.05, 0.1) is 15.8 Å². The number of nitrogen functional groups attached to an aromatic ring is 1. The highest BCUT2D eigenvalue weighted by Gasteiger charge is 2.20. The normalized spacial score (nSPS) is 21.3. The fraction of sp³-hybridized carbons (Fsp3) is 0.455. The number of benzene rings is 1. The SMILES string of the molecule is CN1CCC(Nc2cc(F)c(Br)cc2N)C1. The Labute approximate surface area is 103 Å². The minimum absolute atomic E-state index is 0.289. The molecule has 1 saturated heterocycles. The van der Waals surface area contributed by atoms with Gasteiger partial charge < -0.3 is 16.0 Å². The fourth-order valence-corrected chi connectivity index (χ4v) is 2.32. The van der Waals surface area contributed by atoms with Crippen LogP contribution < -0.4 is 11.1 Å². The summed E-state index contributed by atoms with van der Waals surface area (Å²) in [6.45, 7) is 2.04. The summed E-state index contributed by atoms with van der Waals surface area (Å²) < 4.78 is 13.8. The number of halogens is 2. The van der Waals surface area contributed by atoms with Gasteiger partial charge in [-0.15, -0.1) is 0 Å². The number of hydrogen-bond donors (Lipinski definition) is 2. The Balaban J connectivity index is 2.12. The van der Waals surface area contributed by atoms with E-state index in [-0.39, 0.29) is 5.82 Å². The van der Waals surface area contributed by atoms with Crippen LogP contribution in [0.5, 0.6) is 0 Å². The first-order chi connectivity index (χ1) is 7.56. The van der Waals surface area contributed by atoms with E-state index in [1.54, 1.807) is 6.07 Å². The fourth-order valence-electron chi connectivity index (χ4n) is 1.96. The average molecular weight is 288 g/mol. The van der Waals surface area contributed by atoms with Gasteiger partial charge in [0.25, 0.3) is 0 Å². The topological polar surface area (TPSA) is 41.3 Å². The Morgan fingerprint density at radius 1 is 1.56 bits per heavy atom. The highest BCUT2D eigenvalue weighted by Crippen LogP contribution is 2.27. The molecule has 0 amide bonds. The molecule has 88 valence electrons. The van der Waals surface area contributed by atoms with E-state index in [4.69, 9.17) is 5.73 Å². The summed E-state index contributed by atoms with van der Waals surface area (Å²) in [5.74, 6) is -0.289. The number of hydrogen-bond acceptors (Lipinski definition) is 3. The van der Waals surface area contributed by atoms with Gasteiger partial charge in [-0.05, 0) is 42.0 Å². The Kier molecular flexibility index (Phi) is 3.35. The Morgan fingerprint density at radius 3 is 2.94 bits per heavy atom. The zero-order valence-electron chi connectivity index (χ0n) is 9.13. The Bertz CT molecular complexity index is 397. The maximum absolute atomic E-state index is 13.4. The van der Waals surface area contributed by atoms with Gasteiger partial charge in [-0.25, -0.2) is 4.39 Å². The molecule has 1 aliphatic heterocycles. The molecule has 1 aromatic rings. The molecule has 0 aliphatic carbocycles. The van der Waals surface area contributed by atoms with Crippen molar-refractivity contribution >= 4 is 27.3 Å². The number of nitrogens with one attached hydrogen (secondary N) is 1. The van der Waals surface area contributed by atoms with Crippen LogP contribution in [-0.2, 0) is 0 Å². The predicted octanol–water partition coefficient (Wildman–Crippen LogP) is 2.29. The van der Waals surface area contributed by atoms with Crippen molar-refractivity contribution in [2.75, 3.05) is 31.2 Å². The summed E-state index contributed by atoms with van der Waals surface area (Å²) in [5.41, 5.74) is 7.08. The number of likely N-dealkylation sites (tertiary alicyclic amines) is 1. The monoisotopic (exact) mass is 287 g/mol. The number of nitrogens with two attached hydrogens (primary N) is 1. The molecule has 0 aromatic heterocycles. The zero-order valence-corrected chi connectivity index (χ0v) is 10.7. The summed E-state index contributed by atoms with van der Waals surface area (Å²) in [6.07, 6.45) is 1.06. The van der Waals surface area contributed by atoms with E-state index in [0.717, 1.165) is 19.5 Å². The molecule has 5 heteroatoms. The standard InChI is InChI=1S/C11H15BrFN3/c1-16-3-2-7(6-16)15-11-5-9(13)8(12)4-10(11)14/h4-5,7,15H,2-3,6,14H2,1H3. The van der Waals surface area contributed by atoms with E-state index in [1.807, 2.05) is 0 Å². The van der Waals surface area contributed by atoms with Gasteiger partial charge in [0.1, 0.15) is 5.82 Å². The molecule has 16 heavy (non-hydrogen) atoms. The van der Waals surface area contributed by atoms with Crippen molar-refractivity contribution in [3.8, 4) is 0 Å². The van der Waals surface area contributed by atoms with Gasteiger partial charge in [-0.1, -0.05) is 0 Å². The maximum Gasteiger partial charge on any atom is 0.139 e. The van der Waals surface area contributed by atoms with Crippen molar-refractivity contribution in [1.82, 2.24) is 4.90 Å². The van der Waals surface area contributed by atoms with Crippen LogP contribution in [-0.4, -0.2) is 31.1 Å². The van der Waals surface area contributed by atoms with Crippen molar-refractivity contribution in [3.63, 3.8) is 0 Å². The second-order valence-electron chi connectivity index (χ2n) is 4.25. The number of nitrogens with zero attached hydrogens (tertiary/aromatic N) is 1. The third-order valence-corrected chi connectivity index (χ3v) is 3.45. The number of anilines is 2. The van der Waals surface area contributed by atoms with E-state index in [1.165, 1.54) is 6.07 Å². The number of rotatable bonds is 2. The van der Waals surface area contributed by atoms with E-state index >= 15 is 0 Å². The van der Waals surface area contributed by atoms with Crippen LogP contribution in [0.2, 0.25) is 0 Å². The summed E-state index contributed by atoms with van der Waals surface area (Å²) in [7, 11) is 2.08. The van der Waals surface area contributed by atoms with Crippen molar-refractivity contribution in [2.45, 2.75) is 12.5 Å². The van der Waals surface area contributed by atoms with Crippen LogP contribution in [0.1, 0.15) is 6.42 Å². The lowest BCUT2D eigenvalue weighted by molar-refractivity contribution is 0.414. The molecule has 3 N–H and O–H groups in total. The van der Waals surface area contributed by atoms with Gasteiger partial charge >= 0.3 is 0 Å². The molecule has 0 radical (unpaired) electrons. The molecule has 1 atom stereocenters. The smallest absolute Gasteiger partial charge is 0.139 e. The Morgan fingerprint density at radius 2 is 2.31 bits per heavy atom. The molecule has 1 heterocycles. The molecule has 1 fully saturated rings. The summed E-state index contributed by atoms with van der Waals surface area (Å²) >= 11 is 3.11.